The molecule has 3 heteroatoms. The quantitative estimate of drug-likeness (QED) is 0.807. The highest BCUT2D eigenvalue weighted by atomic mass is 79.9. The first kappa shape index (κ1) is 12.9. The van der Waals surface area contributed by atoms with E-state index in [-0.39, 0.29) is 0 Å². The van der Waals surface area contributed by atoms with E-state index in [2.05, 4.69) is 51.8 Å². The van der Waals surface area contributed by atoms with E-state index in [1.807, 2.05) is 6.20 Å². The van der Waals surface area contributed by atoms with Gasteiger partial charge in [0.2, 0.25) is 0 Å². The Balaban J connectivity index is 1.98. The minimum absolute atomic E-state index is 0.568. The van der Waals surface area contributed by atoms with Gasteiger partial charge in [0.25, 0.3) is 0 Å². The summed E-state index contributed by atoms with van der Waals surface area (Å²) in [5.74, 6) is 1.12. The van der Waals surface area contributed by atoms with Crippen molar-refractivity contribution in [1.82, 2.24) is 4.98 Å². The van der Waals surface area contributed by atoms with Crippen LogP contribution in [-0.4, -0.2) is 18.1 Å². The van der Waals surface area contributed by atoms with Gasteiger partial charge in [0.1, 0.15) is 5.82 Å². The van der Waals surface area contributed by atoms with Gasteiger partial charge in [-0.25, -0.2) is 4.98 Å². The van der Waals surface area contributed by atoms with E-state index in [0.717, 1.165) is 10.3 Å². The number of rotatable bonds is 5. The standard InChI is InChI=1S/C14H21BrN2/c1-3-7-14(8-4-2)10-17(11-14)13-6-5-12(15)9-16-13/h5-6,9H,3-4,7-8,10-11H2,1-2H3. The van der Waals surface area contributed by atoms with Crippen LogP contribution in [0.1, 0.15) is 39.5 Å². The van der Waals surface area contributed by atoms with E-state index in [1.54, 1.807) is 0 Å². The third kappa shape index (κ3) is 2.82. The van der Waals surface area contributed by atoms with E-state index in [1.165, 1.54) is 38.8 Å². The van der Waals surface area contributed by atoms with Crippen molar-refractivity contribution in [3.63, 3.8) is 0 Å². The summed E-state index contributed by atoms with van der Waals surface area (Å²) in [6.07, 6.45) is 7.18. The van der Waals surface area contributed by atoms with Crippen LogP contribution in [0, 0.1) is 5.41 Å². The second-order valence-corrected chi connectivity index (χ2v) is 6.11. The fraction of sp³-hybridized carbons (Fsp3) is 0.643. The molecule has 0 spiro atoms. The van der Waals surface area contributed by atoms with Gasteiger partial charge >= 0.3 is 0 Å². The van der Waals surface area contributed by atoms with Gasteiger partial charge in [0.05, 0.1) is 0 Å². The first-order chi connectivity index (χ1) is 8.19. The molecule has 1 saturated heterocycles. The van der Waals surface area contributed by atoms with Crippen molar-refractivity contribution in [2.45, 2.75) is 39.5 Å². The molecule has 0 saturated carbocycles. The van der Waals surface area contributed by atoms with Crippen LogP contribution in [0.5, 0.6) is 0 Å². The molecule has 17 heavy (non-hydrogen) atoms. The molecule has 2 heterocycles. The maximum absolute atomic E-state index is 4.47. The van der Waals surface area contributed by atoms with Crippen LogP contribution in [0.2, 0.25) is 0 Å². The molecule has 1 aromatic rings. The lowest BCUT2D eigenvalue weighted by molar-refractivity contribution is 0.172. The Kier molecular flexibility index (Phi) is 4.08. The number of aromatic nitrogens is 1. The number of halogens is 1. The number of anilines is 1. The molecule has 0 bridgehead atoms. The molecule has 0 atom stereocenters. The van der Waals surface area contributed by atoms with Gasteiger partial charge in [-0.15, -0.1) is 0 Å². The molecule has 1 aromatic heterocycles. The molecule has 94 valence electrons. The Labute approximate surface area is 113 Å². The van der Waals surface area contributed by atoms with Crippen LogP contribution in [0.25, 0.3) is 0 Å². The fourth-order valence-electron chi connectivity index (χ4n) is 2.98. The van der Waals surface area contributed by atoms with E-state index in [0.29, 0.717) is 5.41 Å². The average Bonchev–Trinajstić information content (AvgIpc) is 2.27. The zero-order valence-corrected chi connectivity index (χ0v) is 12.3. The smallest absolute Gasteiger partial charge is 0.128 e. The largest absolute Gasteiger partial charge is 0.355 e. The Morgan fingerprint density at radius 1 is 1.24 bits per heavy atom. The number of hydrogen-bond acceptors (Lipinski definition) is 2. The predicted octanol–water partition coefficient (Wildman–Crippen LogP) is 4.25. The van der Waals surface area contributed by atoms with Gasteiger partial charge in [0.15, 0.2) is 0 Å². The van der Waals surface area contributed by atoms with Crippen molar-refractivity contribution < 1.29 is 0 Å². The third-order valence-electron chi connectivity index (χ3n) is 3.65. The molecule has 1 aliphatic rings. The SMILES string of the molecule is CCCC1(CCC)CN(c2ccc(Br)cn2)C1. The molecule has 0 N–H and O–H groups in total. The summed E-state index contributed by atoms with van der Waals surface area (Å²) in [6.45, 7) is 6.95. The normalized spacial score (nSPS) is 17.9. The highest BCUT2D eigenvalue weighted by Gasteiger charge is 2.41. The van der Waals surface area contributed by atoms with Crippen molar-refractivity contribution in [3.8, 4) is 0 Å². The topological polar surface area (TPSA) is 16.1 Å². The lowest BCUT2D eigenvalue weighted by atomic mass is 9.72. The second kappa shape index (κ2) is 5.38. The van der Waals surface area contributed by atoms with Crippen LogP contribution in [0.15, 0.2) is 22.8 Å². The van der Waals surface area contributed by atoms with Crippen molar-refractivity contribution in [2.24, 2.45) is 5.41 Å². The molecule has 0 aliphatic carbocycles. The van der Waals surface area contributed by atoms with Gasteiger partial charge in [-0.3, -0.25) is 0 Å². The molecular formula is C14H21BrN2. The van der Waals surface area contributed by atoms with E-state index in [9.17, 15) is 0 Å². The van der Waals surface area contributed by atoms with E-state index >= 15 is 0 Å². The van der Waals surface area contributed by atoms with E-state index < -0.39 is 0 Å². The number of pyridine rings is 1. The molecular weight excluding hydrogens is 276 g/mol. The summed E-state index contributed by atoms with van der Waals surface area (Å²) in [4.78, 5) is 6.87. The molecule has 0 unspecified atom stereocenters. The van der Waals surface area contributed by atoms with Crippen molar-refractivity contribution in [3.05, 3.63) is 22.8 Å². The molecule has 2 rings (SSSR count). The zero-order valence-electron chi connectivity index (χ0n) is 10.7. The van der Waals surface area contributed by atoms with Gasteiger partial charge in [-0.2, -0.15) is 0 Å². The summed E-state index contributed by atoms with van der Waals surface area (Å²) in [6, 6.07) is 4.17. The Hall–Kier alpha value is -0.570. The average molecular weight is 297 g/mol. The van der Waals surface area contributed by atoms with Crippen molar-refractivity contribution in [1.29, 1.82) is 0 Å². The van der Waals surface area contributed by atoms with Crippen molar-refractivity contribution >= 4 is 21.7 Å². The second-order valence-electron chi connectivity index (χ2n) is 5.19. The zero-order chi connectivity index (χ0) is 12.3. The predicted molar refractivity (Wildman–Crippen MR) is 76.4 cm³/mol. The lowest BCUT2D eigenvalue weighted by Crippen LogP contribution is -2.56. The Morgan fingerprint density at radius 3 is 2.35 bits per heavy atom. The molecule has 2 nitrogen and oxygen atoms in total. The highest BCUT2D eigenvalue weighted by Crippen LogP contribution is 2.41. The molecule has 0 aromatic carbocycles. The lowest BCUT2D eigenvalue weighted by Gasteiger charge is -2.51. The number of hydrogen-bond donors (Lipinski definition) is 0. The first-order valence-electron chi connectivity index (χ1n) is 6.55. The van der Waals surface area contributed by atoms with Crippen LogP contribution in [0.4, 0.5) is 5.82 Å². The first-order valence-corrected chi connectivity index (χ1v) is 7.35. The molecule has 1 fully saturated rings. The Bertz CT molecular complexity index is 347. The summed E-state index contributed by atoms with van der Waals surface area (Å²) in [5.41, 5.74) is 0.568. The molecule has 0 radical (unpaired) electrons. The minimum atomic E-state index is 0.568. The van der Waals surface area contributed by atoms with E-state index in [4.69, 9.17) is 0 Å². The third-order valence-corrected chi connectivity index (χ3v) is 4.12. The highest BCUT2D eigenvalue weighted by molar-refractivity contribution is 9.10. The molecule has 1 aliphatic heterocycles. The fourth-order valence-corrected chi connectivity index (χ4v) is 3.22. The van der Waals surface area contributed by atoms with Gasteiger partial charge in [-0.1, -0.05) is 26.7 Å². The summed E-state index contributed by atoms with van der Waals surface area (Å²) in [7, 11) is 0. The summed E-state index contributed by atoms with van der Waals surface area (Å²) >= 11 is 3.43. The maximum atomic E-state index is 4.47. The summed E-state index contributed by atoms with van der Waals surface area (Å²) < 4.78 is 1.05. The molecule has 0 amide bonds. The summed E-state index contributed by atoms with van der Waals surface area (Å²) in [5, 5.41) is 0. The van der Waals surface area contributed by atoms with Crippen LogP contribution >= 0.6 is 15.9 Å². The van der Waals surface area contributed by atoms with Gasteiger partial charge in [0, 0.05) is 29.2 Å². The minimum Gasteiger partial charge on any atom is -0.355 e. The van der Waals surface area contributed by atoms with Crippen LogP contribution in [0.3, 0.4) is 0 Å². The maximum Gasteiger partial charge on any atom is 0.128 e. The van der Waals surface area contributed by atoms with Crippen LogP contribution < -0.4 is 4.90 Å². The Morgan fingerprint density at radius 2 is 1.88 bits per heavy atom. The van der Waals surface area contributed by atoms with Gasteiger partial charge in [-0.05, 0) is 40.9 Å². The van der Waals surface area contributed by atoms with Crippen LogP contribution in [-0.2, 0) is 0 Å². The number of nitrogens with zero attached hydrogens (tertiary/aromatic N) is 2. The van der Waals surface area contributed by atoms with Crippen molar-refractivity contribution in [2.75, 3.05) is 18.0 Å². The monoisotopic (exact) mass is 296 g/mol. The van der Waals surface area contributed by atoms with Gasteiger partial charge < -0.3 is 4.90 Å².